The van der Waals surface area contributed by atoms with Gasteiger partial charge in [0.15, 0.2) is 0 Å². The van der Waals surface area contributed by atoms with E-state index >= 15 is 0 Å². The quantitative estimate of drug-likeness (QED) is 0.876. The first-order valence-electron chi connectivity index (χ1n) is 7.56. The smallest absolute Gasteiger partial charge is 0.133 e. The zero-order valence-electron chi connectivity index (χ0n) is 13.4. The summed E-state index contributed by atoms with van der Waals surface area (Å²) in [5.74, 6) is 1.05. The number of aromatic nitrogens is 1. The van der Waals surface area contributed by atoms with Gasteiger partial charge in [0, 0.05) is 31.4 Å². The molecule has 0 saturated carbocycles. The zero-order chi connectivity index (χ0) is 15.2. The Labute approximate surface area is 128 Å². The lowest BCUT2D eigenvalue weighted by Crippen LogP contribution is -2.24. The monoisotopic (exact) mass is 283 g/mol. The Kier molecular flexibility index (Phi) is 5.34. The van der Waals surface area contributed by atoms with E-state index in [0.717, 1.165) is 18.9 Å². The molecule has 0 bridgehead atoms. The molecule has 21 heavy (non-hydrogen) atoms. The molecule has 2 aromatic rings. The average molecular weight is 283 g/mol. The van der Waals surface area contributed by atoms with Crippen molar-refractivity contribution >= 4 is 5.82 Å². The highest BCUT2D eigenvalue weighted by Crippen LogP contribution is 2.24. The second-order valence-electron chi connectivity index (χ2n) is 5.54. The van der Waals surface area contributed by atoms with Gasteiger partial charge in [-0.1, -0.05) is 42.8 Å². The van der Waals surface area contributed by atoms with E-state index in [2.05, 4.69) is 73.4 Å². The predicted molar refractivity (Wildman–Crippen MR) is 89.6 cm³/mol. The van der Waals surface area contributed by atoms with E-state index < -0.39 is 0 Å². The van der Waals surface area contributed by atoms with Crippen molar-refractivity contribution in [3.8, 4) is 0 Å². The third-order valence-electron chi connectivity index (χ3n) is 3.70. The summed E-state index contributed by atoms with van der Waals surface area (Å²) in [4.78, 5) is 6.80. The molecule has 0 aliphatic rings. The predicted octanol–water partition coefficient (Wildman–Crippen LogP) is 3.70. The lowest BCUT2D eigenvalue weighted by molar-refractivity contribution is 0.594. The number of benzene rings is 1. The molecule has 112 valence electrons. The molecule has 0 spiro atoms. The van der Waals surface area contributed by atoms with E-state index in [-0.39, 0.29) is 0 Å². The minimum absolute atomic E-state index is 0.305. The summed E-state index contributed by atoms with van der Waals surface area (Å²) in [6.07, 6.45) is 1.86. The van der Waals surface area contributed by atoms with Crippen molar-refractivity contribution in [2.24, 2.45) is 0 Å². The largest absolute Gasteiger partial charge is 0.355 e. The molecule has 1 atom stereocenters. The first-order chi connectivity index (χ1) is 10.1. The van der Waals surface area contributed by atoms with Crippen LogP contribution in [0.4, 0.5) is 5.82 Å². The van der Waals surface area contributed by atoms with Crippen LogP contribution in [0.5, 0.6) is 0 Å². The van der Waals surface area contributed by atoms with Gasteiger partial charge >= 0.3 is 0 Å². The van der Waals surface area contributed by atoms with Crippen LogP contribution in [0.2, 0.25) is 0 Å². The van der Waals surface area contributed by atoms with E-state index in [4.69, 9.17) is 0 Å². The Morgan fingerprint density at radius 1 is 1.19 bits per heavy atom. The van der Waals surface area contributed by atoms with Crippen molar-refractivity contribution in [1.29, 1.82) is 0 Å². The summed E-state index contributed by atoms with van der Waals surface area (Å²) in [6, 6.07) is 13.1. The Hall–Kier alpha value is -1.87. The van der Waals surface area contributed by atoms with Gasteiger partial charge in [0.25, 0.3) is 0 Å². The Balaban J connectivity index is 2.18. The summed E-state index contributed by atoms with van der Waals surface area (Å²) in [7, 11) is 2.10. The van der Waals surface area contributed by atoms with Gasteiger partial charge in [0.05, 0.1) is 0 Å². The van der Waals surface area contributed by atoms with Gasteiger partial charge in [0.1, 0.15) is 5.82 Å². The molecule has 1 aromatic heterocycles. The highest BCUT2D eigenvalue weighted by molar-refractivity contribution is 5.48. The number of rotatable bonds is 6. The van der Waals surface area contributed by atoms with E-state index in [1.807, 2.05) is 12.3 Å². The molecule has 1 aromatic carbocycles. The summed E-state index contributed by atoms with van der Waals surface area (Å²) in [6.45, 7) is 8.25. The summed E-state index contributed by atoms with van der Waals surface area (Å²) < 4.78 is 0. The number of nitrogens with one attached hydrogen (secondary N) is 1. The van der Waals surface area contributed by atoms with Gasteiger partial charge in [-0.2, -0.15) is 0 Å². The molecule has 0 amide bonds. The minimum Gasteiger partial charge on any atom is -0.355 e. The lowest BCUT2D eigenvalue weighted by Gasteiger charge is -2.24. The second-order valence-corrected chi connectivity index (χ2v) is 5.54. The van der Waals surface area contributed by atoms with Gasteiger partial charge in [-0.05, 0) is 32.0 Å². The average Bonchev–Trinajstić information content (AvgIpc) is 2.50. The molecule has 1 N–H and O–H groups in total. The van der Waals surface area contributed by atoms with Crippen molar-refractivity contribution in [2.75, 3.05) is 18.5 Å². The van der Waals surface area contributed by atoms with Crippen LogP contribution in [0.3, 0.4) is 0 Å². The molecule has 2 rings (SSSR count). The highest BCUT2D eigenvalue weighted by atomic mass is 15.2. The maximum atomic E-state index is 4.58. The van der Waals surface area contributed by atoms with Crippen LogP contribution in [0.15, 0.2) is 42.6 Å². The molecule has 0 saturated heterocycles. The number of hydrogen-bond acceptors (Lipinski definition) is 3. The maximum Gasteiger partial charge on any atom is 0.133 e. The minimum atomic E-state index is 0.305. The van der Waals surface area contributed by atoms with Crippen LogP contribution < -0.4 is 10.2 Å². The third-order valence-corrected chi connectivity index (χ3v) is 3.70. The fraction of sp³-hybridized carbons (Fsp3) is 0.389. The van der Waals surface area contributed by atoms with Gasteiger partial charge in [-0.15, -0.1) is 0 Å². The highest BCUT2D eigenvalue weighted by Gasteiger charge is 2.13. The fourth-order valence-corrected chi connectivity index (χ4v) is 2.52. The van der Waals surface area contributed by atoms with E-state index in [0.29, 0.717) is 6.04 Å². The second kappa shape index (κ2) is 7.23. The number of nitrogens with zero attached hydrogens (tertiary/aromatic N) is 2. The molecular weight excluding hydrogens is 258 g/mol. The summed E-state index contributed by atoms with van der Waals surface area (Å²) in [5.41, 5.74) is 3.84. The van der Waals surface area contributed by atoms with E-state index in [1.54, 1.807) is 0 Å². The molecule has 3 nitrogen and oxygen atoms in total. The normalized spacial score (nSPS) is 12.2. The molecule has 0 aliphatic heterocycles. The van der Waals surface area contributed by atoms with Crippen molar-refractivity contribution in [3.05, 3.63) is 59.3 Å². The van der Waals surface area contributed by atoms with E-state index in [1.165, 1.54) is 16.7 Å². The molecule has 0 radical (unpaired) electrons. The van der Waals surface area contributed by atoms with Crippen molar-refractivity contribution in [2.45, 2.75) is 33.4 Å². The van der Waals surface area contributed by atoms with Crippen LogP contribution >= 0.6 is 0 Å². The molecule has 0 aliphatic carbocycles. The summed E-state index contributed by atoms with van der Waals surface area (Å²) >= 11 is 0. The molecule has 1 heterocycles. The number of aryl methyl sites for hydroxylation is 1. The Bertz CT molecular complexity index is 563. The van der Waals surface area contributed by atoms with Crippen molar-refractivity contribution in [1.82, 2.24) is 10.3 Å². The topological polar surface area (TPSA) is 28.2 Å². The van der Waals surface area contributed by atoms with Gasteiger partial charge in [-0.25, -0.2) is 4.98 Å². The SMILES string of the molecule is CCNC(C)c1cccnc1N(C)Cc1ccc(C)cc1. The summed E-state index contributed by atoms with van der Waals surface area (Å²) in [5, 5.41) is 3.46. The van der Waals surface area contributed by atoms with Gasteiger partial charge < -0.3 is 10.2 Å². The first kappa shape index (κ1) is 15.5. The first-order valence-corrected chi connectivity index (χ1v) is 7.56. The van der Waals surface area contributed by atoms with Gasteiger partial charge in [0.2, 0.25) is 0 Å². The van der Waals surface area contributed by atoms with Crippen LogP contribution in [0.1, 0.15) is 36.6 Å². The van der Waals surface area contributed by atoms with Crippen LogP contribution in [-0.4, -0.2) is 18.6 Å². The number of anilines is 1. The zero-order valence-corrected chi connectivity index (χ0v) is 13.4. The van der Waals surface area contributed by atoms with Crippen molar-refractivity contribution in [3.63, 3.8) is 0 Å². The lowest BCUT2D eigenvalue weighted by atomic mass is 10.1. The van der Waals surface area contributed by atoms with Gasteiger partial charge in [-0.3, -0.25) is 0 Å². The molecule has 1 unspecified atom stereocenters. The number of hydrogen-bond donors (Lipinski definition) is 1. The van der Waals surface area contributed by atoms with Crippen LogP contribution in [0, 0.1) is 6.92 Å². The fourth-order valence-electron chi connectivity index (χ4n) is 2.52. The number of pyridine rings is 1. The van der Waals surface area contributed by atoms with E-state index in [9.17, 15) is 0 Å². The third kappa shape index (κ3) is 4.05. The molecule has 3 heteroatoms. The van der Waals surface area contributed by atoms with Crippen molar-refractivity contribution < 1.29 is 0 Å². The molecule has 0 fully saturated rings. The van der Waals surface area contributed by atoms with Crippen LogP contribution in [0.25, 0.3) is 0 Å². The Morgan fingerprint density at radius 3 is 2.57 bits per heavy atom. The Morgan fingerprint density at radius 2 is 1.90 bits per heavy atom. The molecular formula is C18H25N3. The standard InChI is InChI=1S/C18H25N3/c1-5-19-15(3)17-7-6-12-20-18(17)21(4)13-16-10-8-14(2)9-11-16/h6-12,15,19H,5,13H2,1-4H3. The maximum absolute atomic E-state index is 4.58. The van der Waals surface area contributed by atoms with Crippen LogP contribution in [-0.2, 0) is 6.54 Å².